The first-order valence-corrected chi connectivity index (χ1v) is 12.2. The maximum absolute atomic E-state index is 14.8. The summed E-state index contributed by atoms with van der Waals surface area (Å²) in [6, 6.07) is 0. The second-order valence-electron chi connectivity index (χ2n) is 9.25. The van der Waals surface area contributed by atoms with Gasteiger partial charge >= 0.3 is 0 Å². The zero-order valence-electron chi connectivity index (χ0n) is 18.2. The van der Waals surface area contributed by atoms with Crippen LogP contribution >= 0.6 is 11.6 Å². The minimum atomic E-state index is -0.369. The standard InChI is InChI=1S/C25H30ClFN4O/c26-20-6-7-23(22(27)14-20)31-24(18-8-11-28-12-9-18)21(15-29-31)25(32)30-13-10-19(16-30)17-4-2-1-3-5-17/h1-4,7,14-15,17-20,28H,5-6,8-13,16H2/t17?,19-,20?/m0/s1. The summed E-state index contributed by atoms with van der Waals surface area (Å²) in [5.74, 6) is 0.814. The first-order chi connectivity index (χ1) is 15.6. The van der Waals surface area contributed by atoms with E-state index in [1.165, 1.54) is 6.08 Å². The molecule has 0 aromatic carbocycles. The number of hydrogen-bond acceptors (Lipinski definition) is 3. The van der Waals surface area contributed by atoms with Crippen LogP contribution in [0.5, 0.6) is 0 Å². The maximum Gasteiger partial charge on any atom is 0.257 e. The largest absolute Gasteiger partial charge is 0.338 e. The third-order valence-corrected chi connectivity index (χ3v) is 7.53. The minimum Gasteiger partial charge on any atom is -0.338 e. The number of hydrogen-bond donors (Lipinski definition) is 1. The van der Waals surface area contributed by atoms with Gasteiger partial charge in [-0.2, -0.15) is 5.10 Å². The molecule has 2 unspecified atom stereocenters. The van der Waals surface area contributed by atoms with E-state index in [1.807, 2.05) is 4.90 Å². The highest BCUT2D eigenvalue weighted by atomic mass is 35.5. The Morgan fingerprint density at radius 2 is 2.03 bits per heavy atom. The van der Waals surface area contributed by atoms with Crippen LogP contribution in [0, 0.1) is 11.8 Å². The van der Waals surface area contributed by atoms with Gasteiger partial charge in [-0.3, -0.25) is 4.79 Å². The summed E-state index contributed by atoms with van der Waals surface area (Å²) in [5, 5.41) is 7.57. The van der Waals surface area contributed by atoms with Crippen LogP contribution in [0.1, 0.15) is 54.1 Å². The van der Waals surface area contributed by atoms with Crippen molar-refractivity contribution < 1.29 is 9.18 Å². The predicted octanol–water partition coefficient (Wildman–Crippen LogP) is 4.65. The fourth-order valence-electron chi connectivity index (χ4n) is 5.47. The Morgan fingerprint density at radius 3 is 2.78 bits per heavy atom. The van der Waals surface area contributed by atoms with Crippen LogP contribution in [0.4, 0.5) is 4.39 Å². The molecule has 5 nitrogen and oxygen atoms in total. The molecular weight excluding hydrogens is 427 g/mol. The minimum absolute atomic E-state index is 0.0265. The molecule has 7 heteroatoms. The number of alkyl halides is 1. The SMILES string of the molecule is O=C(c1cnn(C2=CCC(Cl)C=C2F)c1C1CCNCC1)N1CC[C@H](C2C=CC=CC2)C1. The number of piperidine rings is 1. The summed E-state index contributed by atoms with van der Waals surface area (Å²) in [5.41, 5.74) is 1.88. The van der Waals surface area contributed by atoms with E-state index < -0.39 is 0 Å². The first kappa shape index (κ1) is 21.7. The van der Waals surface area contributed by atoms with E-state index in [4.69, 9.17) is 11.6 Å². The maximum atomic E-state index is 14.8. The lowest BCUT2D eigenvalue weighted by Crippen LogP contribution is -2.32. The van der Waals surface area contributed by atoms with Crippen LogP contribution in [-0.2, 0) is 0 Å². The molecule has 1 aromatic heterocycles. The Hall–Kier alpha value is -2.18. The Labute approximate surface area is 193 Å². The summed E-state index contributed by atoms with van der Waals surface area (Å²) in [6.07, 6.45) is 18.0. The van der Waals surface area contributed by atoms with Crippen molar-refractivity contribution in [3.05, 3.63) is 59.7 Å². The Bertz CT molecular complexity index is 988. The fourth-order valence-corrected chi connectivity index (χ4v) is 5.66. The van der Waals surface area contributed by atoms with Gasteiger partial charge in [-0.25, -0.2) is 9.07 Å². The zero-order chi connectivity index (χ0) is 22.1. The van der Waals surface area contributed by atoms with E-state index in [0.29, 0.717) is 29.5 Å². The molecule has 0 saturated carbocycles. The number of amides is 1. The molecule has 170 valence electrons. The van der Waals surface area contributed by atoms with Gasteiger partial charge in [-0.1, -0.05) is 30.4 Å². The highest BCUT2D eigenvalue weighted by Crippen LogP contribution is 2.36. The van der Waals surface area contributed by atoms with Gasteiger partial charge < -0.3 is 10.2 Å². The van der Waals surface area contributed by atoms with Gasteiger partial charge in [0.25, 0.3) is 5.91 Å². The van der Waals surface area contributed by atoms with Crippen molar-refractivity contribution in [2.24, 2.45) is 11.8 Å². The van der Waals surface area contributed by atoms with Crippen molar-refractivity contribution in [1.29, 1.82) is 0 Å². The number of carbonyl (C=O) groups is 1. The van der Waals surface area contributed by atoms with Crippen molar-refractivity contribution in [2.75, 3.05) is 26.2 Å². The van der Waals surface area contributed by atoms with Gasteiger partial charge in [-0.05, 0) is 63.1 Å². The second kappa shape index (κ2) is 9.36. The topological polar surface area (TPSA) is 50.2 Å². The van der Waals surface area contributed by atoms with Crippen molar-refractivity contribution in [2.45, 2.75) is 43.4 Å². The highest BCUT2D eigenvalue weighted by Gasteiger charge is 2.35. The van der Waals surface area contributed by atoms with Crippen LogP contribution in [0.25, 0.3) is 5.70 Å². The van der Waals surface area contributed by atoms with Crippen molar-refractivity contribution in [1.82, 2.24) is 20.0 Å². The van der Waals surface area contributed by atoms with E-state index >= 15 is 0 Å². The number of rotatable bonds is 4. The molecule has 1 amide bonds. The lowest BCUT2D eigenvalue weighted by molar-refractivity contribution is 0.0782. The van der Waals surface area contributed by atoms with Crippen molar-refractivity contribution >= 4 is 23.2 Å². The number of aromatic nitrogens is 2. The van der Waals surface area contributed by atoms with E-state index in [2.05, 4.69) is 34.7 Å². The highest BCUT2D eigenvalue weighted by molar-refractivity contribution is 6.22. The monoisotopic (exact) mass is 456 g/mol. The van der Waals surface area contributed by atoms with Crippen molar-refractivity contribution in [3.63, 3.8) is 0 Å². The molecule has 0 bridgehead atoms. The summed E-state index contributed by atoms with van der Waals surface area (Å²) in [7, 11) is 0. The Kier molecular flexibility index (Phi) is 6.33. The molecule has 1 N–H and O–H groups in total. The number of nitrogens with one attached hydrogen (secondary N) is 1. The predicted molar refractivity (Wildman–Crippen MR) is 125 cm³/mol. The van der Waals surface area contributed by atoms with Crippen molar-refractivity contribution in [3.8, 4) is 0 Å². The Morgan fingerprint density at radius 1 is 1.19 bits per heavy atom. The van der Waals surface area contributed by atoms with Crippen LogP contribution in [0.15, 0.2) is 48.5 Å². The van der Waals surface area contributed by atoms with E-state index in [1.54, 1.807) is 17.0 Å². The second-order valence-corrected chi connectivity index (χ2v) is 9.81. The molecule has 32 heavy (non-hydrogen) atoms. The van der Waals surface area contributed by atoms with E-state index in [9.17, 15) is 9.18 Å². The number of halogens is 2. The molecule has 2 saturated heterocycles. The molecule has 5 rings (SSSR count). The molecule has 3 atom stereocenters. The van der Waals surface area contributed by atoms with Crippen LogP contribution < -0.4 is 5.32 Å². The fraction of sp³-hybridized carbons (Fsp3) is 0.520. The van der Waals surface area contributed by atoms with Crippen LogP contribution in [-0.4, -0.2) is 52.1 Å². The molecule has 2 aliphatic carbocycles. The normalized spacial score (nSPS) is 28.7. The number of allylic oxidation sites excluding steroid dienone is 8. The summed E-state index contributed by atoms with van der Waals surface area (Å²) in [4.78, 5) is 15.6. The van der Waals surface area contributed by atoms with Gasteiger partial charge in [-0.15, -0.1) is 11.6 Å². The lowest BCUT2D eigenvalue weighted by atomic mass is 9.86. The third-order valence-electron chi connectivity index (χ3n) is 7.23. The first-order valence-electron chi connectivity index (χ1n) is 11.8. The average Bonchev–Trinajstić information content (AvgIpc) is 3.48. The molecule has 3 heterocycles. The number of nitrogens with zero attached hydrogens (tertiary/aromatic N) is 3. The van der Waals surface area contributed by atoms with E-state index in [0.717, 1.165) is 57.6 Å². The summed E-state index contributed by atoms with van der Waals surface area (Å²) >= 11 is 6.10. The quantitative estimate of drug-likeness (QED) is 0.671. The van der Waals surface area contributed by atoms with Gasteiger partial charge in [0.1, 0.15) is 5.83 Å². The molecule has 4 aliphatic rings. The molecule has 0 spiro atoms. The van der Waals surface area contributed by atoms with Gasteiger partial charge in [0.2, 0.25) is 0 Å². The van der Waals surface area contributed by atoms with Crippen LogP contribution in [0.3, 0.4) is 0 Å². The molecule has 2 aliphatic heterocycles. The molecule has 1 aromatic rings. The summed E-state index contributed by atoms with van der Waals surface area (Å²) < 4.78 is 16.5. The summed E-state index contributed by atoms with van der Waals surface area (Å²) in [6.45, 7) is 3.30. The molecule has 0 radical (unpaired) electrons. The molecular formula is C25H30ClFN4O. The van der Waals surface area contributed by atoms with Gasteiger partial charge in [0, 0.05) is 19.0 Å². The Balaban J connectivity index is 1.43. The van der Waals surface area contributed by atoms with E-state index in [-0.39, 0.29) is 23.0 Å². The lowest BCUT2D eigenvalue weighted by Gasteiger charge is -2.27. The third kappa shape index (κ3) is 4.23. The number of likely N-dealkylation sites (tertiary alicyclic amines) is 1. The zero-order valence-corrected chi connectivity index (χ0v) is 19.0. The van der Waals surface area contributed by atoms with Crippen LogP contribution in [0.2, 0.25) is 0 Å². The smallest absolute Gasteiger partial charge is 0.257 e. The molecule has 2 fully saturated rings. The number of carbonyl (C=O) groups excluding carboxylic acids is 1. The van der Waals surface area contributed by atoms with Gasteiger partial charge in [0.05, 0.1) is 28.5 Å². The van der Waals surface area contributed by atoms with Gasteiger partial charge in [0.15, 0.2) is 0 Å². The average molecular weight is 457 g/mol.